The number of methoxy groups -OCH3 is 1. The molecule has 1 atom stereocenters. The molecule has 0 aliphatic carbocycles. The van der Waals surface area contributed by atoms with Gasteiger partial charge in [-0.15, -0.1) is 0 Å². The molecule has 7 nitrogen and oxygen atoms in total. The van der Waals surface area contributed by atoms with Gasteiger partial charge < -0.3 is 20.9 Å². The average Bonchev–Trinajstić information content (AvgIpc) is 2.41. The summed E-state index contributed by atoms with van der Waals surface area (Å²) in [5.41, 5.74) is 12.4. The van der Waals surface area contributed by atoms with E-state index in [0.29, 0.717) is 18.0 Å². The van der Waals surface area contributed by atoms with Crippen molar-refractivity contribution in [2.75, 3.05) is 31.8 Å². The molecule has 0 saturated carbocycles. The molecule has 0 spiro atoms. The molecule has 0 aromatic heterocycles. The summed E-state index contributed by atoms with van der Waals surface area (Å²) in [5.74, 6) is -0.370. The number of primary amides is 1. The molecular weight excluding hydrogens is 262 g/mol. The maximum Gasteiger partial charge on any atom is 0.265 e. The number of hydrogen-bond donors (Lipinski definition) is 2. The first-order valence-corrected chi connectivity index (χ1v) is 6.13. The van der Waals surface area contributed by atoms with Crippen molar-refractivity contribution >= 4 is 17.5 Å². The highest BCUT2D eigenvalue weighted by Gasteiger charge is 2.27. The Bertz CT molecular complexity index is 532. The molecule has 1 unspecified atom stereocenters. The van der Waals surface area contributed by atoms with E-state index in [1.807, 2.05) is 0 Å². The normalized spacial score (nSPS) is 15.5. The quantitative estimate of drug-likeness (QED) is 0.758. The van der Waals surface area contributed by atoms with Crippen molar-refractivity contribution < 1.29 is 19.1 Å². The molecule has 2 amide bonds. The minimum atomic E-state index is -0.585. The zero-order valence-electron chi connectivity index (χ0n) is 11.2. The van der Waals surface area contributed by atoms with Crippen LogP contribution in [0.4, 0.5) is 5.69 Å². The molecule has 1 heterocycles. The molecule has 0 bridgehead atoms. The topological polar surface area (TPSA) is 108 Å². The van der Waals surface area contributed by atoms with E-state index in [1.54, 1.807) is 25.3 Å². The predicted molar refractivity (Wildman–Crippen MR) is 72.3 cm³/mol. The number of benzene rings is 1. The fraction of sp³-hybridized carbons (Fsp3) is 0.385. The summed E-state index contributed by atoms with van der Waals surface area (Å²) in [7, 11) is 1.56. The van der Waals surface area contributed by atoms with Gasteiger partial charge in [-0.2, -0.15) is 0 Å². The van der Waals surface area contributed by atoms with Gasteiger partial charge in [-0.05, 0) is 17.7 Å². The zero-order valence-corrected chi connectivity index (χ0v) is 11.2. The summed E-state index contributed by atoms with van der Waals surface area (Å²) in [6.45, 7) is 0.0608. The number of nitrogens with two attached hydrogens (primary N) is 2. The third-order valence-electron chi connectivity index (χ3n) is 3.01. The van der Waals surface area contributed by atoms with Gasteiger partial charge in [0.05, 0.1) is 18.3 Å². The number of amides is 2. The van der Waals surface area contributed by atoms with E-state index in [0.717, 1.165) is 5.56 Å². The summed E-state index contributed by atoms with van der Waals surface area (Å²) in [5, 5.41) is 0. The van der Waals surface area contributed by atoms with Crippen LogP contribution in [0.15, 0.2) is 18.2 Å². The highest BCUT2D eigenvalue weighted by Crippen LogP contribution is 2.34. The molecule has 0 radical (unpaired) electrons. The standard InChI is InChI=1S/C13H17N3O4/c1-19-6-9(14)8-2-3-11-10(4-8)16(5-12(15)17)13(18)7-20-11/h2-4,9H,5-7,14H2,1H3,(H2,15,17). The molecule has 4 N–H and O–H groups in total. The first-order chi connectivity index (χ1) is 9.52. The van der Waals surface area contributed by atoms with Crippen LogP contribution in [0.25, 0.3) is 0 Å². The lowest BCUT2D eigenvalue weighted by Crippen LogP contribution is -2.43. The van der Waals surface area contributed by atoms with Crippen LogP contribution in [0, 0.1) is 0 Å². The Morgan fingerprint density at radius 3 is 2.95 bits per heavy atom. The van der Waals surface area contributed by atoms with Crippen LogP contribution in [0.2, 0.25) is 0 Å². The van der Waals surface area contributed by atoms with Gasteiger partial charge in [-0.3, -0.25) is 14.5 Å². The first kappa shape index (κ1) is 14.3. The van der Waals surface area contributed by atoms with E-state index in [-0.39, 0.29) is 25.1 Å². The minimum absolute atomic E-state index is 0.107. The Morgan fingerprint density at radius 1 is 1.55 bits per heavy atom. The highest BCUT2D eigenvalue weighted by atomic mass is 16.5. The molecule has 1 aromatic carbocycles. The highest BCUT2D eigenvalue weighted by molar-refractivity contribution is 6.01. The molecule has 0 fully saturated rings. The number of carbonyl (C=O) groups excluding carboxylic acids is 2. The number of rotatable bonds is 5. The van der Waals surface area contributed by atoms with Crippen LogP contribution in [0.1, 0.15) is 11.6 Å². The van der Waals surface area contributed by atoms with Crippen molar-refractivity contribution in [2.24, 2.45) is 11.5 Å². The van der Waals surface area contributed by atoms with E-state index in [1.165, 1.54) is 4.90 Å². The Balaban J connectivity index is 2.35. The van der Waals surface area contributed by atoms with Gasteiger partial charge in [0.15, 0.2) is 6.61 Å². The van der Waals surface area contributed by atoms with Crippen molar-refractivity contribution in [3.8, 4) is 5.75 Å². The SMILES string of the molecule is COCC(N)c1ccc2c(c1)N(CC(N)=O)C(=O)CO2. The zero-order chi connectivity index (χ0) is 14.7. The third-order valence-corrected chi connectivity index (χ3v) is 3.01. The fourth-order valence-corrected chi connectivity index (χ4v) is 2.05. The number of fused-ring (bicyclic) bond motifs is 1. The summed E-state index contributed by atoms with van der Waals surface area (Å²) >= 11 is 0. The van der Waals surface area contributed by atoms with Gasteiger partial charge >= 0.3 is 0 Å². The Labute approximate surface area is 116 Å². The molecule has 1 aromatic rings. The smallest absolute Gasteiger partial charge is 0.265 e. The molecule has 1 aliphatic rings. The largest absolute Gasteiger partial charge is 0.482 e. The van der Waals surface area contributed by atoms with Crippen LogP contribution in [0.3, 0.4) is 0 Å². The third kappa shape index (κ3) is 2.89. The molecule has 20 heavy (non-hydrogen) atoms. The van der Waals surface area contributed by atoms with E-state index in [4.69, 9.17) is 20.9 Å². The number of carbonyl (C=O) groups is 2. The summed E-state index contributed by atoms with van der Waals surface area (Å²) in [6.07, 6.45) is 0. The second-order valence-corrected chi connectivity index (χ2v) is 4.52. The molecule has 0 saturated heterocycles. The summed E-state index contributed by atoms with van der Waals surface area (Å²) in [4.78, 5) is 24.2. The van der Waals surface area contributed by atoms with E-state index in [2.05, 4.69) is 0 Å². The summed E-state index contributed by atoms with van der Waals surface area (Å²) in [6, 6.07) is 4.93. The van der Waals surface area contributed by atoms with E-state index in [9.17, 15) is 9.59 Å². The number of hydrogen-bond acceptors (Lipinski definition) is 5. The van der Waals surface area contributed by atoms with Crippen molar-refractivity contribution in [2.45, 2.75) is 6.04 Å². The van der Waals surface area contributed by atoms with E-state index >= 15 is 0 Å². The van der Waals surface area contributed by atoms with Gasteiger partial charge in [0.2, 0.25) is 5.91 Å². The molecule has 108 valence electrons. The van der Waals surface area contributed by atoms with Gasteiger partial charge in [0.25, 0.3) is 5.91 Å². The Hall–Kier alpha value is -2.12. The summed E-state index contributed by atoms with van der Waals surface area (Å²) < 4.78 is 10.3. The van der Waals surface area contributed by atoms with Crippen LogP contribution in [0.5, 0.6) is 5.75 Å². The number of ether oxygens (including phenoxy) is 2. The van der Waals surface area contributed by atoms with Gasteiger partial charge in [0.1, 0.15) is 12.3 Å². The van der Waals surface area contributed by atoms with Crippen molar-refractivity contribution in [3.63, 3.8) is 0 Å². The maximum absolute atomic E-state index is 11.8. The Kier molecular flexibility index (Phi) is 4.21. The van der Waals surface area contributed by atoms with Crippen molar-refractivity contribution in [1.82, 2.24) is 0 Å². The average molecular weight is 279 g/mol. The van der Waals surface area contributed by atoms with Gasteiger partial charge in [0, 0.05) is 7.11 Å². The van der Waals surface area contributed by atoms with Crippen LogP contribution >= 0.6 is 0 Å². The molecule has 7 heteroatoms. The molecule has 1 aliphatic heterocycles. The van der Waals surface area contributed by atoms with Crippen LogP contribution < -0.4 is 21.1 Å². The lowest BCUT2D eigenvalue weighted by atomic mass is 10.1. The fourth-order valence-electron chi connectivity index (χ4n) is 2.05. The van der Waals surface area contributed by atoms with Gasteiger partial charge in [-0.1, -0.05) is 6.07 Å². The van der Waals surface area contributed by atoms with Crippen molar-refractivity contribution in [3.05, 3.63) is 23.8 Å². The molecule has 2 rings (SSSR count). The second kappa shape index (κ2) is 5.89. The van der Waals surface area contributed by atoms with Gasteiger partial charge in [-0.25, -0.2) is 0 Å². The van der Waals surface area contributed by atoms with E-state index < -0.39 is 5.91 Å². The monoisotopic (exact) mass is 279 g/mol. The lowest BCUT2D eigenvalue weighted by Gasteiger charge is -2.29. The number of anilines is 1. The predicted octanol–water partition coefficient (Wildman–Crippen LogP) is -0.456. The lowest BCUT2D eigenvalue weighted by molar-refractivity contribution is -0.124. The molecular formula is C13H17N3O4. The maximum atomic E-state index is 11.8. The number of nitrogens with zero attached hydrogens (tertiary/aromatic N) is 1. The van der Waals surface area contributed by atoms with Crippen LogP contribution in [-0.4, -0.2) is 38.7 Å². The Morgan fingerprint density at radius 2 is 2.30 bits per heavy atom. The van der Waals surface area contributed by atoms with Crippen LogP contribution in [-0.2, 0) is 14.3 Å². The second-order valence-electron chi connectivity index (χ2n) is 4.52. The first-order valence-electron chi connectivity index (χ1n) is 6.13. The minimum Gasteiger partial charge on any atom is -0.482 e. The van der Waals surface area contributed by atoms with Crippen molar-refractivity contribution in [1.29, 1.82) is 0 Å².